The third kappa shape index (κ3) is 14.3. The van der Waals surface area contributed by atoms with Gasteiger partial charge < -0.3 is 0 Å². The first-order valence-electron chi connectivity index (χ1n) is 49.4. The van der Waals surface area contributed by atoms with E-state index in [-0.39, 0.29) is 4.48 Å². The predicted molar refractivity (Wildman–Crippen MR) is 593 cm³/mol. The molecule has 29 rings (SSSR count). The van der Waals surface area contributed by atoms with Gasteiger partial charge in [0.1, 0.15) is 85.1 Å². The van der Waals surface area contributed by atoms with E-state index in [9.17, 15) is 0 Å². The van der Waals surface area contributed by atoms with Gasteiger partial charge in [0.2, 0.25) is 6.34 Å². The lowest BCUT2D eigenvalue weighted by Crippen LogP contribution is -2.36. The Morgan fingerprint density at radius 2 is 0.353 bits per heavy atom. The summed E-state index contributed by atoms with van der Waals surface area (Å²) in [6.45, 7) is 0. The molecule has 0 N–H and O–H groups in total. The zero-order chi connectivity index (χ0) is 98.9. The predicted octanol–water partition coefficient (Wildman–Crippen LogP) is 28.2. The minimum Gasteiger partial charge on any atom is -0.277 e. The number of aliphatic imine (C=N–C) groups is 1. The van der Waals surface area contributed by atoms with E-state index in [1.54, 1.807) is 0 Å². The molecule has 1 aliphatic heterocycles. The highest BCUT2D eigenvalue weighted by molar-refractivity contribution is 6.05. The van der Waals surface area contributed by atoms with Gasteiger partial charge in [0.25, 0.3) is 5.82 Å². The van der Waals surface area contributed by atoms with Gasteiger partial charge in [-0.15, -0.1) is 0 Å². The molecule has 13 aromatic carbocycles. The van der Waals surface area contributed by atoms with Crippen LogP contribution in [0.25, 0.3) is 242 Å². The van der Waals surface area contributed by atoms with Gasteiger partial charge >= 0.3 is 0 Å². The van der Waals surface area contributed by atoms with Gasteiger partial charge in [-0.3, -0.25) is 32.0 Å². The number of aromatic nitrogens is 22. The summed E-state index contributed by atoms with van der Waals surface area (Å²) in [5.74, 6) is 5.00. The topological polar surface area (TPSA) is 240 Å². The molecule has 0 amide bonds. The summed E-state index contributed by atoms with van der Waals surface area (Å²) in [6, 6.07) is 147. The summed E-state index contributed by atoms with van der Waals surface area (Å²) in [7, 11) is 0. The minimum absolute atomic E-state index is 0.0584. The van der Waals surface area contributed by atoms with Crippen LogP contribution in [-0.4, -0.2) is 113 Å². The monoisotopic (exact) mass is 1930 g/mol. The summed E-state index contributed by atoms with van der Waals surface area (Å²) in [5.41, 5.74) is 29.0. The van der Waals surface area contributed by atoms with Crippen LogP contribution in [0.1, 0.15) is 0 Å². The molecule has 0 fully saturated rings. The first kappa shape index (κ1) is 85.7. The highest BCUT2D eigenvalue weighted by Crippen LogP contribution is 2.55. The number of quaternary nitrogens is 1. The normalized spacial score (nSPS) is 12.9. The van der Waals surface area contributed by atoms with E-state index in [4.69, 9.17) is 79.8 Å². The van der Waals surface area contributed by atoms with Gasteiger partial charge in [0, 0.05) is 153 Å². The molecule has 15 aromatic heterocycles. The molecule has 0 bridgehead atoms. The molecule has 0 radical (unpaired) electrons. The fourth-order valence-electron chi connectivity index (χ4n) is 21.4. The maximum Gasteiger partial charge on any atom is 0.270 e. The van der Waals surface area contributed by atoms with Crippen LogP contribution in [0.2, 0.25) is 0 Å². The number of hydrogen-bond donors (Lipinski definition) is 0. The van der Waals surface area contributed by atoms with Crippen molar-refractivity contribution in [2.45, 2.75) is 0 Å². The Morgan fingerprint density at radius 3 is 0.593 bits per heavy atom. The molecule has 1 aliphatic rings. The molecule has 0 saturated carbocycles. The average Bonchev–Trinajstić information content (AvgIpc) is 1.61. The lowest BCUT2D eigenvalue weighted by atomic mass is 9.83. The van der Waals surface area contributed by atoms with E-state index in [0.717, 1.165) is 135 Å². The fourth-order valence-corrected chi connectivity index (χ4v) is 21.4. The average molecular weight is 1930 g/mol. The number of imidazole rings is 7. The summed E-state index contributed by atoms with van der Waals surface area (Å²) >= 11 is 0. The van der Waals surface area contributed by atoms with Crippen molar-refractivity contribution in [2.75, 3.05) is 0 Å². The molecule has 16 heterocycles. The van der Waals surface area contributed by atoms with Gasteiger partial charge in [0.05, 0.1) is 0 Å². The van der Waals surface area contributed by atoms with Crippen molar-refractivity contribution in [1.29, 1.82) is 0 Å². The number of fused-ring (bicyclic) bond motifs is 8. The van der Waals surface area contributed by atoms with Crippen LogP contribution in [0.3, 0.4) is 0 Å². The first-order valence-corrected chi connectivity index (χ1v) is 49.4. The third-order valence-corrected chi connectivity index (χ3v) is 28.0. The van der Waals surface area contributed by atoms with Gasteiger partial charge in [0.15, 0.2) is 50.9 Å². The Hall–Kier alpha value is -21.0. The SMILES string of the molecule is C1=Nc2cccnc2[N+]1(c1ccccc1)c1cc(-c2cc(-c3cc(-c4nc5cccnc5n4-c4ccccc4)cc(-c4nc5cccnc5n4-c4ccccc4)c3)c(-c3cc(-c4nc5cccnc5n4-c4ccccc4)cc(-c4nc5cccnc5n4-c4ccccc4)c3)cc2-c2cc(-c3nc4cccnc4n3-c3ccccc3)cc(-c3nc4cccnc4n3-c3ccccc3)c2)cc(-c2nc3cccnc3n2-c2ccccc2)c1. The van der Waals surface area contributed by atoms with Gasteiger partial charge in [-0.2, -0.15) is 9.48 Å². The van der Waals surface area contributed by atoms with Crippen LogP contribution in [0.4, 0.5) is 22.9 Å². The van der Waals surface area contributed by atoms with Crippen LogP contribution >= 0.6 is 0 Å². The second kappa shape index (κ2) is 35.2. The van der Waals surface area contributed by atoms with Gasteiger partial charge in [-0.05, 0) is 299 Å². The quantitative estimate of drug-likeness (QED) is 0.0645. The van der Waals surface area contributed by atoms with E-state index in [1.165, 1.54) is 0 Å². The maximum atomic E-state index is 5.77. The van der Waals surface area contributed by atoms with Gasteiger partial charge in [-0.1, -0.05) is 146 Å². The van der Waals surface area contributed by atoms with Gasteiger partial charge in [-0.25, -0.2) is 74.8 Å². The molecular weight excluding hydrogens is 1850 g/mol. The Balaban J connectivity index is 0.831. The number of para-hydroxylation sites is 8. The van der Waals surface area contributed by atoms with Crippen molar-refractivity contribution in [3.63, 3.8) is 0 Å². The standard InChI is InChI=1S/C126H79N24/c1-9-33-91(34-10-1)143-112(136-104-49-25-57-127-119(104)143)84-65-80(66-85(72-84)113-137-105-50-26-58-128-120(105)144(113)92-35-11-2-12-36-92)100-77-102(82-69-88(116-140-108-53-29-61-131-123(108)147(116)95-41-17-5-18-42-95)74-89(70-82)117-141-109-54-30-62-132-124(109)148(117)96-43-19-6-20-44-96)103(83-71-90(118-142-110-55-31-63-133-125(110)149(118)97-45-21-7-22-46-97)76-99(75-83)150(98-47-23-8-24-48-98)79-135-111-56-32-64-134-126(111)150)78-101(100)81-67-86(114-138-106-51-27-59-129-121(106)145(114)93-37-13-3-14-38-93)73-87(68-81)115-139-107-52-28-60-130-122(107)146(115)94-39-15-4-16-40-94/h1-79H/q+1. The van der Waals surface area contributed by atoms with Crippen LogP contribution in [0.5, 0.6) is 0 Å². The zero-order valence-corrected chi connectivity index (χ0v) is 79.8. The highest BCUT2D eigenvalue weighted by Gasteiger charge is 2.44. The van der Waals surface area contributed by atoms with Crippen LogP contribution < -0.4 is 4.48 Å². The summed E-state index contributed by atoms with van der Waals surface area (Å²) in [6.07, 6.45) is 16.7. The Kier molecular flexibility index (Phi) is 20.1. The largest absolute Gasteiger partial charge is 0.277 e. The minimum atomic E-state index is -0.0584. The summed E-state index contributed by atoms with van der Waals surface area (Å²) < 4.78 is 15.1. The molecule has 1 atom stereocenters. The van der Waals surface area contributed by atoms with Crippen LogP contribution in [0.15, 0.2) is 479 Å². The molecule has 24 nitrogen and oxygen atoms in total. The molecule has 150 heavy (non-hydrogen) atoms. The number of pyridine rings is 8. The number of benzene rings is 13. The Labute approximate surface area is 856 Å². The van der Waals surface area contributed by atoms with E-state index >= 15 is 0 Å². The van der Waals surface area contributed by atoms with Crippen molar-refractivity contribution < 1.29 is 0 Å². The van der Waals surface area contributed by atoms with Crippen LogP contribution in [0, 0.1) is 0 Å². The molecule has 24 heteroatoms. The zero-order valence-electron chi connectivity index (χ0n) is 79.8. The van der Waals surface area contributed by atoms with E-state index in [0.29, 0.717) is 130 Å². The lowest BCUT2D eigenvalue weighted by Gasteiger charge is -2.30. The molecule has 1 unspecified atom stereocenters. The molecule has 702 valence electrons. The molecule has 0 saturated heterocycles. The fraction of sp³-hybridized carbons (Fsp3) is 0. The van der Waals surface area contributed by atoms with Crippen molar-refractivity contribution >= 4 is 107 Å². The number of rotatable bonds is 20. The molecule has 28 aromatic rings. The third-order valence-electron chi connectivity index (χ3n) is 28.0. The van der Waals surface area contributed by atoms with Crippen molar-refractivity contribution in [1.82, 2.24) is 111 Å². The van der Waals surface area contributed by atoms with E-state index in [2.05, 4.69) is 311 Å². The summed E-state index contributed by atoms with van der Waals surface area (Å²) in [4.78, 5) is 87.5. The Morgan fingerprint density at radius 1 is 0.160 bits per heavy atom. The first-order chi connectivity index (χ1) is 74.3. The smallest absolute Gasteiger partial charge is 0.270 e. The van der Waals surface area contributed by atoms with Crippen molar-refractivity contribution in [3.8, 4) is 164 Å². The van der Waals surface area contributed by atoms with Crippen LogP contribution in [-0.2, 0) is 0 Å². The lowest BCUT2D eigenvalue weighted by molar-refractivity contribution is 0.761. The Bertz CT molecular complexity index is 9820. The van der Waals surface area contributed by atoms with E-state index in [1.807, 2.05) is 202 Å². The number of hydrogen-bond acceptors (Lipinski definition) is 16. The molecule has 0 spiro atoms. The second-order valence-corrected chi connectivity index (χ2v) is 36.9. The molecule has 0 aliphatic carbocycles. The maximum absolute atomic E-state index is 5.77. The van der Waals surface area contributed by atoms with E-state index < -0.39 is 0 Å². The number of nitrogens with zero attached hydrogens (tertiary/aromatic N) is 24. The van der Waals surface area contributed by atoms with Crippen molar-refractivity contribution in [3.05, 3.63) is 474 Å². The summed E-state index contributed by atoms with van der Waals surface area (Å²) in [5, 5.41) is 0. The second-order valence-electron chi connectivity index (χ2n) is 36.9. The van der Waals surface area contributed by atoms with Crippen molar-refractivity contribution in [2.24, 2.45) is 4.99 Å². The highest BCUT2D eigenvalue weighted by atomic mass is 15.4. The molecular formula is C126H79N24+.